The van der Waals surface area contributed by atoms with E-state index in [9.17, 15) is 18.0 Å². The quantitative estimate of drug-likeness (QED) is 0.540. The number of carbonyl (C=O) groups is 2. The summed E-state index contributed by atoms with van der Waals surface area (Å²) in [6, 6.07) is 11.6. The molecule has 0 spiro atoms. The second-order valence-electron chi connectivity index (χ2n) is 7.60. The Balaban J connectivity index is 2.13. The first-order valence-corrected chi connectivity index (χ1v) is 11.8. The lowest BCUT2D eigenvalue weighted by Gasteiger charge is -2.13. The summed E-state index contributed by atoms with van der Waals surface area (Å²) in [7, 11) is -3.88. The van der Waals surface area contributed by atoms with Crippen molar-refractivity contribution in [2.75, 3.05) is 11.3 Å². The molecule has 0 fully saturated rings. The molecule has 8 heteroatoms. The van der Waals surface area contributed by atoms with Crippen molar-refractivity contribution in [2.45, 2.75) is 58.0 Å². The summed E-state index contributed by atoms with van der Waals surface area (Å²) in [6.45, 7) is 6.94. The molecule has 0 unspecified atom stereocenters. The maximum absolute atomic E-state index is 12.8. The number of benzene rings is 2. The van der Waals surface area contributed by atoms with Gasteiger partial charge in [-0.3, -0.25) is 14.3 Å². The molecule has 0 aromatic heterocycles. The Labute approximate surface area is 184 Å². The lowest BCUT2D eigenvalue weighted by Crippen LogP contribution is -2.32. The zero-order chi connectivity index (χ0) is 23.0. The van der Waals surface area contributed by atoms with Crippen LogP contribution in [-0.2, 0) is 26.0 Å². The van der Waals surface area contributed by atoms with Crippen LogP contribution < -0.4 is 10.0 Å². The SMILES string of the molecule is CCCCc1ccc(NS(=O)(=O)c2ccc(C)c(C(=O)NCC(=O)OC(C)C)c2)cc1. The lowest BCUT2D eigenvalue weighted by molar-refractivity contribution is -0.146. The van der Waals surface area contributed by atoms with Crippen molar-refractivity contribution < 1.29 is 22.7 Å². The average molecular weight is 447 g/mol. The molecule has 0 atom stereocenters. The number of aryl methyl sites for hydroxylation is 2. The fourth-order valence-electron chi connectivity index (χ4n) is 2.90. The van der Waals surface area contributed by atoms with Crippen LogP contribution >= 0.6 is 0 Å². The summed E-state index contributed by atoms with van der Waals surface area (Å²) in [5.74, 6) is -1.11. The molecule has 0 aliphatic carbocycles. The van der Waals surface area contributed by atoms with E-state index >= 15 is 0 Å². The van der Waals surface area contributed by atoms with Gasteiger partial charge >= 0.3 is 5.97 Å². The van der Waals surface area contributed by atoms with Crippen LogP contribution in [0.15, 0.2) is 47.4 Å². The van der Waals surface area contributed by atoms with E-state index in [2.05, 4.69) is 17.0 Å². The van der Waals surface area contributed by atoms with Gasteiger partial charge in [0.15, 0.2) is 0 Å². The van der Waals surface area contributed by atoms with Crippen LogP contribution in [0.5, 0.6) is 0 Å². The number of amides is 1. The minimum absolute atomic E-state index is 0.0388. The molecule has 0 heterocycles. The maximum atomic E-state index is 12.8. The van der Waals surface area contributed by atoms with Crippen molar-refractivity contribution >= 4 is 27.6 Å². The Morgan fingerprint density at radius 2 is 1.74 bits per heavy atom. The predicted molar refractivity (Wildman–Crippen MR) is 121 cm³/mol. The van der Waals surface area contributed by atoms with E-state index in [1.807, 2.05) is 12.1 Å². The molecule has 0 bridgehead atoms. The molecule has 2 aromatic rings. The largest absolute Gasteiger partial charge is 0.462 e. The third-order valence-electron chi connectivity index (χ3n) is 4.55. The van der Waals surface area contributed by atoms with Crippen molar-refractivity contribution in [3.8, 4) is 0 Å². The van der Waals surface area contributed by atoms with Gasteiger partial charge in [-0.05, 0) is 69.0 Å². The van der Waals surface area contributed by atoms with Gasteiger partial charge < -0.3 is 10.1 Å². The molecule has 0 saturated carbocycles. The third kappa shape index (κ3) is 7.40. The van der Waals surface area contributed by atoms with E-state index in [0.717, 1.165) is 24.8 Å². The number of esters is 1. The van der Waals surface area contributed by atoms with Crippen LogP contribution in [0.2, 0.25) is 0 Å². The Kier molecular flexibility index (Phi) is 8.62. The van der Waals surface area contributed by atoms with Gasteiger partial charge in [-0.2, -0.15) is 0 Å². The molecule has 0 aliphatic rings. The maximum Gasteiger partial charge on any atom is 0.325 e. The monoisotopic (exact) mass is 446 g/mol. The lowest BCUT2D eigenvalue weighted by atomic mass is 10.1. The number of nitrogens with one attached hydrogen (secondary N) is 2. The smallest absolute Gasteiger partial charge is 0.325 e. The van der Waals surface area contributed by atoms with Crippen LogP contribution in [0.4, 0.5) is 5.69 Å². The summed E-state index contributed by atoms with van der Waals surface area (Å²) in [5.41, 5.74) is 2.36. The number of hydrogen-bond donors (Lipinski definition) is 2. The van der Waals surface area contributed by atoms with Gasteiger partial charge in [0, 0.05) is 11.3 Å². The third-order valence-corrected chi connectivity index (χ3v) is 5.93. The molecule has 0 saturated heterocycles. The van der Waals surface area contributed by atoms with Gasteiger partial charge in [-0.25, -0.2) is 8.42 Å². The molecular formula is C23H30N2O5S. The minimum atomic E-state index is -3.88. The first-order chi connectivity index (χ1) is 14.6. The van der Waals surface area contributed by atoms with Crippen molar-refractivity contribution in [1.29, 1.82) is 0 Å². The number of anilines is 1. The summed E-state index contributed by atoms with van der Waals surface area (Å²) >= 11 is 0. The molecule has 31 heavy (non-hydrogen) atoms. The zero-order valence-electron chi connectivity index (χ0n) is 18.4. The van der Waals surface area contributed by atoms with Crippen LogP contribution in [0.1, 0.15) is 55.1 Å². The number of ether oxygens (including phenoxy) is 1. The zero-order valence-corrected chi connectivity index (χ0v) is 19.2. The molecular weight excluding hydrogens is 416 g/mol. The summed E-state index contributed by atoms with van der Waals surface area (Å²) in [4.78, 5) is 24.1. The minimum Gasteiger partial charge on any atom is -0.462 e. The summed E-state index contributed by atoms with van der Waals surface area (Å²) in [6.07, 6.45) is 2.84. The van der Waals surface area contributed by atoms with Gasteiger partial charge in [-0.1, -0.05) is 31.5 Å². The molecule has 0 radical (unpaired) electrons. The molecule has 2 rings (SSSR count). The van der Waals surface area contributed by atoms with E-state index in [0.29, 0.717) is 11.3 Å². The number of unbranched alkanes of at least 4 members (excludes halogenated alkanes) is 1. The van der Waals surface area contributed by atoms with E-state index in [1.165, 1.54) is 12.1 Å². The standard InChI is InChI=1S/C23H30N2O5S/c1-5-6-7-18-9-11-19(12-10-18)25-31(28,29)20-13-8-17(4)21(14-20)23(27)24-15-22(26)30-16(2)3/h8-14,16,25H,5-7,15H2,1-4H3,(H,24,27). The summed E-state index contributed by atoms with van der Waals surface area (Å²) < 4.78 is 33.2. The van der Waals surface area contributed by atoms with Crippen molar-refractivity contribution in [2.24, 2.45) is 0 Å². The van der Waals surface area contributed by atoms with Crippen molar-refractivity contribution in [3.63, 3.8) is 0 Å². The van der Waals surface area contributed by atoms with E-state index in [-0.39, 0.29) is 23.1 Å². The van der Waals surface area contributed by atoms with E-state index in [4.69, 9.17) is 4.74 Å². The van der Waals surface area contributed by atoms with E-state index in [1.54, 1.807) is 39.0 Å². The molecule has 0 aliphatic heterocycles. The molecule has 2 N–H and O–H groups in total. The normalized spacial score (nSPS) is 11.3. The topological polar surface area (TPSA) is 102 Å². The molecule has 7 nitrogen and oxygen atoms in total. The highest BCUT2D eigenvalue weighted by Gasteiger charge is 2.19. The van der Waals surface area contributed by atoms with E-state index < -0.39 is 21.9 Å². The molecule has 168 valence electrons. The first kappa shape index (κ1) is 24.4. The van der Waals surface area contributed by atoms with Crippen molar-refractivity contribution in [1.82, 2.24) is 5.32 Å². The number of sulfonamides is 1. The summed E-state index contributed by atoms with van der Waals surface area (Å²) in [5, 5.41) is 2.47. The fourth-order valence-corrected chi connectivity index (χ4v) is 3.98. The van der Waals surface area contributed by atoms with Crippen LogP contribution in [0.25, 0.3) is 0 Å². The number of hydrogen-bond acceptors (Lipinski definition) is 5. The van der Waals surface area contributed by atoms with Crippen LogP contribution in [0.3, 0.4) is 0 Å². The highest BCUT2D eigenvalue weighted by molar-refractivity contribution is 7.92. The Bertz CT molecular complexity index is 1010. The molecule has 1 amide bonds. The second-order valence-corrected chi connectivity index (χ2v) is 9.29. The van der Waals surface area contributed by atoms with Gasteiger partial charge in [0.2, 0.25) is 0 Å². The van der Waals surface area contributed by atoms with Crippen LogP contribution in [-0.4, -0.2) is 32.9 Å². The highest BCUT2D eigenvalue weighted by Crippen LogP contribution is 2.20. The Morgan fingerprint density at radius 3 is 2.35 bits per heavy atom. The van der Waals surface area contributed by atoms with Crippen LogP contribution in [0, 0.1) is 6.92 Å². The number of carbonyl (C=O) groups excluding carboxylic acids is 2. The highest BCUT2D eigenvalue weighted by atomic mass is 32.2. The van der Waals surface area contributed by atoms with Gasteiger partial charge in [0.1, 0.15) is 6.54 Å². The first-order valence-electron chi connectivity index (χ1n) is 10.3. The Morgan fingerprint density at radius 1 is 1.06 bits per heavy atom. The second kappa shape index (κ2) is 10.9. The van der Waals surface area contributed by atoms with Gasteiger partial charge in [-0.15, -0.1) is 0 Å². The fraction of sp³-hybridized carbons (Fsp3) is 0.391. The average Bonchev–Trinajstić information content (AvgIpc) is 2.71. The van der Waals surface area contributed by atoms with Gasteiger partial charge in [0.05, 0.1) is 11.0 Å². The Hall–Kier alpha value is -2.87. The predicted octanol–water partition coefficient (Wildman–Crippen LogP) is 3.82. The molecule has 2 aromatic carbocycles. The van der Waals surface area contributed by atoms with Gasteiger partial charge in [0.25, 0.3) is 15.9 Å². The van der Waals surface area contributed by atoms with Crippen molar-refractivity contribution in [3.05, 3.63) is 59.2 Å². The number of rotatable bonds is 10.